The highest BCUT2D eigenvalue weighted by molar-refractivity contribution is 7.89. The third-order valence-corrected chi connectivity index (χ3v) is 6.78. The van der Waals surface area contributed by atoms with Gasteiger partial charge in [-0.3, -0.25) is 9.78 Å². The van der Waals surface area contributed by atoms with Gasteiger partial charge in [0, 0.05) is 24.5 Å². The average molecular weight is 473 g/mol. The van der Waals surface area contributed by atoms with Crippen LogP contribution in [0.25, 0.3) is 0 Å². The molecular weight excluding hydrogens is 454 g/mol. The highest BCUT2D eigenvalue weighted by Gasteiger charge is 2.41. The van der Waals surface area contributed by atoms with Gasteiger partial charge in [0.2, 0.25) is 16.0 Å². The Bertz CT molecular complexity index is 1180. The van der Waals surface area contributed by atoms with Gasteiger partial charge in [0.05, 0.1) is 12.2 Å². The van der Waals surface area contributed by atoms with Gasteiger partial charge in [0.1, 0.15) is 17.1 Å². The van der Waals surface area contributed by atoms with E-state index in [9.17, 15) is 30.8 Å². The Kier molecular flexibility index (Phi) is 5.89. The van der Waals surface area contributed by atoms with Crippen molar-refractivity contribution < 1.29 is 30.8 Å². The minimum atomic E-state index is -4.40. The summed E-state index contributed by atoms with van der Waals surface area (Å²) in [6, 6.07) is 5.77. The van der Waals surface area contributed by atoms with E-state index in [0.29, 0.717) is 0 Å². The fourth-order valence-corrected chi connectivity index (χ4v) is 4.64. The molecule has 2 aromatic rings. The van der Waals surface area contributed by atoms with Crippen molar-refractivity contribution in [3.8, 4) is 0 Å². The fourth-order valence-electron chi connectivity index (χ4n) is 3.19. The summed E-state index contributed by atoms with van der Waals surface area (Å²) in [5.74, 6) is -2.36. The molecule has 1 aliphatic rings. The zero-order valence-corrected chi connectivity index (χ0v) is 17.8. The summed E-state index contributed by atoms with van der Waals surface area (Å²) < 4.78 is 77.4. The molecule has 1 aromatic carbocycles. The summed E-state index contributed by atoms with van der Waals surface area (Å²) in [4.78, 5) is 20.3. The standard InChI is InChI=1S/C19H19F4N5O3S/c1-18(10-32(30,31)28(2)17(24)27-18)13-7-12(4-5-14(13)20)26-16(29)15-6-3-11(9-25-15)8-19(21,22)23/h3-7,9H,8,10H2,1-2H3,(H2,24,27)(H,26,29)/t18-/m0/s1. The van der Waals surface area contributed by atoms with Crippen LogP contribution in [-0.4, -0.2) is 48.6 Å². The lowest BCUT2D eigenvalue weighted by Gasteiger charge is -2.34. The lowest BCUT2D eigenvalue weighted by molar-refractivity contribution is -0.127. The van der Waals surface area contributed by atoms with Crippen molar-refractivity contribution in [3.63, 3.8) is 0 Å². The number of pyridine rings is 1. The number of amides is 1. The molecule has 1 aliphatic heterocycles. The van der Waals surface area contributed by atoms with E-state index in [-0.39, 0.29) is 28.5 Å². The lowest BCUT2D eigenvalue weighted by Crippen LogP contribution is -2.50. The lowest BCUT2D eigenvalue weighted by atomic mass is 9.93. The average Bonchev–Trinajstić information content (AvgIpc) is 2.66. The molecule has 0 bridgehead atoms. The first-order valence-electron chi connectivity index (χ1n) is 9.15. The molecule has 0 unspecified atom stereocenters. The molecule has 0 fully saturated rings. The zero-order chi connectivity index (χ0) is 23.9. The summed E-state index contributed by atoms with van der Waals surface area (Å²) in [6.07, 6.45) is -4.64. The van der Waals surface area contributed by atoms with Crippen LogP contribution in [0.4, 0.5) is 23.2 Å². The van der Waals surface area contributed by atoms with Crippen LogP contribution in [0, 0.1) is 5.82 Å². The number of alkyl halides is 3. The molecule has 1 aromatic heterocycles. The van der Waals surface area contributed by atoms with E-state index in [1.165, 1.54) is 26.1 Å². The predicted molar refractivity (Wildman–Crippen MR) is 109 cm³/mol. The Balaban J connectivity index is 1.86. The van der Waals surface area contributed by atoms with Crippen LogP contribution in [0.3, 0.4) is 0 Å². The largest absolute Gasteiger partial charge is 0.393 e. The first kappa shape index (κ1) is 23.4. The van der Waals surface area contributed by atoms with Gasteiger partial charge < -0.3 is 11.1 Å². The summed E-state index contributed by atoms with van der Waals surface area (Å²) >= 11 is 0. The maximum atomic E-state index is 14.6. The number of aromatic nitrogens is 1. The number of hydrogen-bond donors (Lipinski definition) is 2. The second kappa shape index (κ2) is 8.04. The van der Waals surface area contributed by atoms with Gasteiger partial charge in [-0.05, 0) is 36.8 Å². The number of anilines is 1. The van der Waals surface area contributed by atoms with Crippen molar-refractivity contribution in [3.05, 3.63) is 59.2 Å². The molecule has 3 rings (SSSR count). The quantitative estimate of drug-likeness (QED) is 0.662. The molecule has 32 heavy (non-hydrogen) atoms. The number of nitrogens with two attached hydrogens (primary N) is 1. The normalized spacial score (nSPS) is 20.6. The summed E-state index contributed by atoms with van der Waals surface area (Å²) in [7, 11) is -2.62. The molecule has 172 valence electrons. The number of hydrogen-bond acceptors (Lipinski definition) is 6. The van der Waals surface area contributed by atoms with Crippen LogP contribution >= 0.6 is 0 Å². The van der Waals surface area contributed by atoms with Crippen molar-refractivity contribution in [2.24, 2.45) is 10.7 Å². The molecule has 3 N–H and O–H groups in total. The number of aliphatic imine (C=N–C) groups is 1. The van der Waals surface area contributed by atoms with E-state index < -0.39 is 45.6 Å². The van der Waals surface area contributed by atoms with Crippen LogP contribution < -0.4 is 11.1 Å². The number of rotatable bonds is 4. The number of sulfonamides is 1. The van der Waals surface area contributed by atoms with Gasteiger partial charge in [-0.2, -0.15) is 13.2 Å². The minimum Gasteiger partial charge on any atom is -0.369 e. The molecule has 2 heterocycles. The molecule has 1 atom stereocenters. The molecular formula is C19H19F4N5O3S. The van der Waals surface area contributed by atoms with Crippen LogP contribution in [-0.2, 0) is 22.0 Å². The monoisotopic (exact) mass is 473 g/mol. The molecule has 0 spiro atoms. The number of guanidine groups is 1. The Hall–Kier alpha value is -3.22. The Morgan fingerprint density at radius 2 is 1.97 bits per heavy atom. The van der Waals surface area contributed by atoms with Crippen molar-refractivity contribution >= 4 is 27.6 Å². The van der Waals surface area contributed by atoms with Crippen LogP contribution in [0.15, 0.2) is 41.5 Å². The van der Waals surface area contributed by atoms with Gasteiger partial charge >= 0.3 is 6.18 Å². The van der Waals surface area contributed by atoms with Crippen molar-refractivity contribution in [1.29, 1.82) is 0 Å². The zero-order valence-electron chi connectivity index (χ0n) is 16.9. The smallest absolute Gasteiger partial charge is 0.369 e. The summed E-state index contributed by atoms with van der Waals surface area (Å²) in [5.41, 5.74) is 3.88. The van der Waals surface area contributed by atoms with Crippen LogP contribution in [0.1, 0.15) is 28.5 Å². The van der Waals surface area contributed by atoms with Crippen molar-refractivity contribution in [1.82, 2.24) is 9.29 Å². The molecule has 1 amide bonds. The second-order valence-electron chi connectivity index (χ2n) is 7.46. The number of carbonyl (C=O) groups excluding carboxylic acids is 1. The van der Waals surface area contributed by atoms with E-state index in [0.717, 1.165) is 28.7 Å². The van der Waals surface area contributed by atoms with E-state index in [1.54, 1.807) is 0 Å². The third-order valence-electron chi connectivity index (χ3n) is 4.83. The van der Waals surface area contributed by atoms with Crippen molar-refractivity contribution in [2.45, 2.75) is 25.1 Å². The molecule has 8 nitrogen and oxygen atoms in total. The Morgan fingerprint density at radius 1 is 1.28 bits per heavy atom. The first-order chi connectivity index (χ1) is 14.7. The van der Waals surface area contributed by atoms with Crippen LogP contribution in [0.2, 0.25) is 0 Å². The number of nitrogens with one attached hydrogen (secondary N) is 1. The van der Waals surface area contributed by atoms with E-state index >= 15 is 0 Å². The van der Waals surface area contributed by atoms with E-state index in [4.69, 9.17) is 5.73 Å². The molecule has 0 aliphatic carbocycles. The van der Waals surface area contributed by atoms with E-state index in [2.05, 4.69) is 15.3 Å². The van der Waals surface area contributed by atoms with Gasteiger partial charge in [-0.1, -0.05) is 6.07 Å². The van der Waals surface area contributed by atoms with Gasteiger partial charge in [-0.15, -0.1) is 0 Å². The van der Waals surface area contributed by atoms with Gasteiger partial charge in [0.25, 0.3) is 5.91 Å². The Morgan fingerprint density at radius 3 is 2.53 bits per heavy atom. The van der Waals surface area contributed by atoms with Gasteiger partial charge in [0.15, 0.2) is 0 Å². The van der Waals surface area contributed by atoms with E-state index in [1.807, 2.05) is 0 Å². The number of carbonyl (C=O) groups is 1. The predicted octanol–water partition coefficient (Wildman–Crippen LogP) is 2.38. The van der Waals surface area contributed by atoms with Gasteiger partial charge in [-0.25, -0.2) is 22.1 Å². The molecule has 13 heteroatoms. The summed E-state index contributed by atoms with van der Waals surface area (Å²) in [6.45, 7) is 1.40. The Labute approximate surface area is 181 Å². The minimum absolute atomic E-state index is 0.107. The SMILES string of the molecule is CN1C(N)=N[C@](C)(c2cc(NC(=O)c3ccc(CC(F)(F)F)cn3)ccc2F)CS1(=O)=O. The maximum Gasteiger partial charge on any atom is 0.393 e. The van der Waals surface area contributed by atoms with Crippen molar-refractivity contribution in [2.75, 3.05) is 18.1 Å². The second-order valence-corrected chi connectivity index (χ2v) is 9.46. The molecule has 0 saturated heterocycles. The molecule has 0 saturated carbocycles. The molecule has 0 radical (unpaired) electrons. The maximum absolute atomic E-state index is 14.6. The topological polar surface area (TPSA) is 118 Å². The number of halogens is 4. The highest BCUT2D eigenvalue weighted by atomic mass is 32.2. The summed E-state index contributed by atoms with van der Waals surface area (Å²) in [5, 5.41) is 2.46. The first-order valence-corrected chi connectivity index (χ1v) is 10.8. The number of benzene rings is 1. The van der Waals surface area contributed by atoms with Crippen LogP contribution in [0.5, 0.6) is 0 Å². The number of nitrogens with zero attached hydrogens (tertiary/aromatic N) is 3. The highest BCUT2D eigenvalue weighted by Crippen LogP contribution is 2.34. The fraction of sp³-hybridized carbons (Fsp3) is 0.316. The third kappa shape index (κ3) is 4.98.